The minimum Gasteiger partial charge on any atom is -0.381 e. The molecular weight excluding hydrogens is 140 g/mol. The Labute approximate surface area is 68.9 Å². The van der Waals surface area contributed by atoms with E-state index in [4.69, 9.17) is 9.47 Å². The number of epoxide rings is 1. The maximum atomic E-state index is 5.46. The largest absolute Gasteiger partial charge is 0.381 e. The average Bonchev–Trinajstić information content (AvgIpc) is 2.81. The van der Waals surface area contributed by atoms with Gasteiger partial charge in [0, 0.05) is 13.2 Å². The van der Waals surface area contributed by atoms with Crippen molar-refractivity contribution in [3.63, 3.8) is 0 Å². The fourth-order valence-corrected chi connectivity index (χ4v) is 0.852. The number of hydrogen-bond acceptors (Lipinski definition) is 2. The SMILES string of the molecule is CCC(C)COCCC1CO1. The molecule has 1 rings (SSSR count). The monoisotopic (exact) mass is 158 g/mol. The lowest BCUT2D eigenvalue weighted by Gasteiger charge is -2.07. The van der Waals surface area contributed by atoms with Crippen molar-refractivity contribution in [2.75, 3.05) is 19.8 Å². The van der Waals surface area contributed by atoms with Crippen LogP contribution < -0.4 is 0 Å². The molecule has 0 spiro atoms. The van der Waals surface area contributed by atoms with E-state index in [0.29, 0.717) is 12.0 Å². The highest BCUT2D eigenvalue weighted by Gasteiger charge is 2.21. The molecule has 2 nitrogen and oxygen atoms in total. The van der Waals surface area contributed by atoms with Crippen LogP contribution in [0.25, 0.3) is 0 Å². The van der Waals surface area contributed by atoms with Gasteiger partial charge < -0.3 is 9.47 Å². The summed E-state index contributed by atoms with van der Waals surface area (Å²) in [4.78, 5) is 0. The van der Waals surface area contributed by atoms with Crippen LogP contribution >= 0.6 is 0 Å². The molecule has 11 heavy (non-hydrogen) atoms. The van der Waals surface area contributed by atoms with Crippen molar-refractivity contribution in [3.05, 3.63) is 0 Å². The summed E-state index contributed by atoms with van der Waals surface area (Å²) in [6.07, 6.45) is 2.81. The van der Waals surface area contributed by atoms with Gasteiger partial charge in [-0.1, -0.05) is 20.3 Å². The van der Waals surface area contributed by atoms with Crippen molar-refractivity contribution in [1.82, 2.24) is 0 Å². The van der Waals surface area contributed by atoms with Gasteiger partial charge in [-0.25, -0.2) is 0 Å². The minimum atomic E-state index is 0.520. The van der Waals surface area contributed by atoms with E-state index in [-0.39, 0.29) is 0 Å². The molecule has 2 atom stereocenters. The van der Waals surface area contributed by atoms with Crippen LogP contribution in [0.1, 0.15) is 26.7 Å². The Morgan fingerprint density at radius 1 is 1.64 bits per heavy atom. The van der Waals surface area contributed by atoms with E-state index in [0.717, 1.165) is 26.2 Å². The molecule has 1 heterocycles. The summed E-state index contributed by atoms with van der Waals surface area (Å²) in [7, 11) is 0. The van der Waals surface area contributed by atoms with Crippen LogP contribution in [0.15, 0.2) is 0 Å². The lowest BCUT2D eigenvalue weighted by Crippen LogP contribution is -2.06. The zero-order chi connectivity index (χ0) is 8.10. The minimum absolute atomic E-state index is 0.520. The highest BCUT2D eigenvalue weighted by Crippen LogP contribution is 2.13. The Kier molecular flexibility index (Phi) is 3.87. The van der Waals surface area contributed by atoms with E-state index in [1.165, 1.54) is 6.42 Å². The summed E-state index contributed by atoms with van der Waals surface area (Å²) in [6, 6.07) is 0. The van der Waals surface area contributed by atoms with Gasteiger partial charge in [-0.3, -0.25) is 0 Å². The van der Waals surface area contributed by atoms with Crippen LogP contribution in [-0.2, 0) is 9.47 Å². The van der Waals surface area contributed by atoms with Gasteiger partial charge in [0.05, 0.1) is 12.7 Å². The molecule has 66 valence electrons. The first-order chi connectivity index (χ1) is 5.33. The molecule has 0 aromatic carbocycles. The van der Waals surface area contributed by atoms with Crippen molar-refractivity contribution in [1.29, 1.82) is 0 Å². The Morgan fingerprint density at radius 3 is 2.91 bits per heavy atom. The summed E-state index contributed by atoms with van der Waals surface area (Å²) >= 11 is 0. The summed E-state index contributed by atoms with van der Waals surface area (Å²) in [5, 5.41) is 0. The quantitative estimate of drug-likeness (QED) is 0.434. The zero-order valence-electron chi connectivity index (χ0n) is 7.51. The Balaban J connectivity index is 1.79. The van der Waals surface area contributed by atoms with Crippen LogP contribution in [0.2, 0.25) is 0 Å². The van der Waals surface area contributed by atoms with Crippen LogP contribution in [0.4, 0.5) is 0 Å². The summed E-state index contributed by atoms with van der Waals surface area (Å²) < 4.78 is 10.5. The molecule has 2 unspecified atom stereocenters. The topological polar surface area (TPSA) is 21.8 Å². The van der Waals surface area contributed by atoms with E-state index in [9.17, 15) is 0 Å². The van der Waals surface area contributed by atoms with E-state index >= 15 is 0 Å². The Hall–Kier alpha value is -0.0800. The maximum Gasteiger partial charge on any atom is 0.0831 e. The molecule has 0 aromatic rings. The fraction of sp³-hybridized carbons (Fsp3) is 1.00. The molecule has 0 N–H and O–H groups in total. The number of hydrogen-bond donors (Lipinski definition) is 0. The smallest absolute Gasteiger partial charge is 0.0831 e. The second kappa shape index (κ2) is 4.73. The van der Waals surface area contributed by atoms with E-state index < -0.39 is 0 Å². The van der Waals surface area contributed by atoms with Crippen LogP contribution in [0.3, 0.4) is 0 Å². The molecule has 1 fully saturated rings. The summed E-state index contributed by atoms with van der Waals surface area (Å²) in [6.45, 7) is 7.14. The van der Waals surface area contributed by atoms with Crippen molar-refractivity contribution >= 4 is 0 Å². The Bertz CT molecular complexity index is 99.7. The molecule has 0 aliphatic carbocycles. The van der Waals surface area contributed by atoms with Crippen LogP contribution in [-0.4, -0.2) is 25.9 Å². The lowest BCUT2D eigenvalue weighted by atomic mass is 10.1. The first kappa shape index (κ1) is 9.01. The Morgan fingerprint density at radius 2 is 2.36 bits per heavy atom. The van der Waals surface area contributed by atoms with Gasteiger partial charge >= 0.3 is 0 Å². The van der Waals surface area contributed by atoms with Gasteiger partial charge in [-0.2, -0.15) is 0 Å². The second-order valence-electron chi connectivity index (χ2n) is 3.33. The standard InChI is InChI=1S/C9H18O2/c1-3-8(2)6-10-5-4-9-7-11-9/h8-9H,3-7H2,1-2H3. The maximum absolute atomic E-state index is 5.46. The van der Waals surface area contributed by atoms with Gasteiger partial charge in [0.2, 0.25) is 0 Å². The molecule has 0 bridgehead atoms. The fourth-order valence-electron chi connectivity index (χ4n) is 0.852. The van der Waals surface area contributed by atoms with Crippen molar-refractivity contribution in [3.8, 4) is 0 Å². The van der Waals surface area contributed by atoms with Crippen LogP contribution in [0, 0.1) is 5.92 Å². The molecule has 0 saturated carbocycles. The van der Waals surface area contributed by atoms with E-state index in [2.05, 4.69) is 13.8 Å². The highest BCUT2D eigenvalue weighted by molar-refractivity contribution is 4.67. The first-order valence-electron chi connectivity index (χ1n) is 4.52. The molecule has 0 amide bonds. The normalized spacial score (nSPS) is 25.1. The van der Waals surface area contributed by atoms with Crippen LogP contribution in [0.5, 0.6) is 0 Å². The summed E-state index contributed by atoms with van der Waals surface area (Å²) in [5.74, 6) is 0.704. The third kappa shape index (κ3) is 4.38. The lowest BCUT2D eigenvalue weighted by molar-refractivity contribution is 0.0969. The number of rotatable bonds is 6. The predicted molar refractivity (Wildman–Crippen MR) is 44.6 cm³/mol. The molecule has 2 heteroatoms. The third-order valence-electron chi connectivity index (χ3n) is 2.09. The number of ether oxygens (including phenoxy) is 2. The molecule has 1 aliphatic rings. The third-order valence-corrected chi connectivity index (χ3v) is 2.09. The first-order valence-corrected chi connectivity index (χ1v) is 4.52. The molecule has 1 saturated heterocycles. The van der Waals surface area contributed by atoms with E-state index in [1.807, 2.05) is 0 Å². The van der Waals surface area contributed by atoms with Gasteiger partial charge in [0.25, 0.3) is 0 Å². The van der Waals surface area contributed by atoms with Gasteiger partial charge in [-0.15, -0.1) is 0 Å². The highest BCUT2D eigenvalue weighted by atomic mass is 16.6. The van der Waals surface area contributed by atoms with Crippen molar-refractivity contribution in [2.45, 2.75) is 32.8 Å². The second-order valence-corrected chi connectivity index (χ2v) is 3.33. The predicted octanol–water partition coefficient (Wildman–Crippen LogP) is 1.84. The van der Waals surface area contributed by atoms with Gasteiger partial charge in [-0.05, 0) is 12.3 Å². The molecule has 1 aliphatic heterocycles. The van der Waals surface area contributed by atoms with Gasteiger partial charge in [0.1, 0.15) is 0 Å². The summed E-state index contributed by atoms with van der Waals surface area (Å²) in [5.41, 5.74) is 0. The van der Waals surface area contributed by atoms with Gasteiger partial charge in [0.15, 0.2) is 0 Å². The van der Waals surface area contributed by atoms with Crippen molar-refractivity contribution < 1.29 is 9.47 Å². The molecular formula is C9H18O2. The van der Waals surface area contributed by atoms with E-state index in [1.54, 1.807) is 0 Å². The molecule has 0 radical (unpaired) electrons. The average molecular weight is 158 g/mol. The zero-order valence-corrected chi connectivity index (χ0v) is 7.51. The van der Waals surface area contributed by atoms with Crippen molar-refractivity contribution in [2.24, 2.45) is 5.92 Å². The molecule has 0 aromatic heterocycles.